The van der Waals surface area contributed by atoms with Gasteiger partial charge in [0.15, 0.2) is 0 Å². The highest BCUT2D eigenvalue weighted by Crippen LogP contribution is 2.27. The zero-order valence-corrected chi connectivity index (χ0v) is 11.1. The summed E-state index contributed by atoms with van der Waals surface area (Å²) in [7, 11) is 1.69. The third-order valence-electron chi connectivity index (χ3n) is 2.69. The molecule has 2 N–H and O–H groups in total. The van der Waals surface area contributed by atoms with Crippen molar-refractivity contribution in [3.05, 3.63) is 23.2 Å². The second-order valence-corrected chi connectivity index (χ2v) is 5.43. The van der Waals surface area contributed by atoms with Crippen LogP contribution in [0, 0.1) is 0 Å². The van der Waals surface area contributed by atoms with Crippen molar-refractivity contribution < 1.29 is 4.74 Å². The molecule has 17 heavy (non-hydrogen) atoms. The molecule has 1 atom stereocenters. The summed E-state index contributed by atoms with van der Waals surface area (Å²) in [5.74, 6) is 0.892. The van der Waals surface area contributed by atoms with Crippen LogP contribution >= 0.6 is 11.3 Å². The fourth-order valence-corrected chi connectivity index (χ4v) is 2.80. The monoisotopic (exact) mass is 250 g/mol. The van der Waals surface area contributed by atoms with E-state index < -0.39 is 0 Å². The summed E-state index contributed by atoms with van der Waals surface area (Å²) >= 11 is 1.75. The largest absolute Gasteiger partial charge is 0.497 e. The molecule has 1 unspecified atom stereocenters. The highest BCUT2D eigenvalue weighted by molar-refractivity contribution is 7.18. The molecule has 0 amide bonds. The minimum absolute atomic E-state index is 0.282. The zero-order valence-electron chi connectivity index (χ0n) is 10.3. The molecule has 0 aliphatic heterocycles. The Hall–Kier alpha value is -1.13. The SMILES string of the molecule is COc1ccc2nc(CCCC(C)N)sc2c1. The molecule has 0 spiro atoms. The van der Waals surface area contributed by atoms with Crippen LogP contribution in [0.3, 0.4) is 0 Å². The molecule has 1 aromatic heterocycles. The fourth-order valence-electron chi connectivity index (χ4n) is 1.76. The summed E-state index contributed by atoms with van der Waals surface area (Å²) in [5.41, 5.74) is 6.80. The number of fused-ring (bicyclic) bond motifs is 1. The third kappa shape index (κ3) is 3.17. The number of benzene rings is 1. The number of rotatable bonds is 5. The van der Waals surface area contributed by atoms with Crippen LogP contribution in [-0.2, 0) is 6.42 Å². The summed E-state index contributed by atoms with van der Waals surface area (Å²) < 4.78 is 6.40. The molecule has 4 heteroatoms. The van der Waals surface area contributed by atoms with Crippen molar-refractivity contribution in [1.82, 2.24) is 4.98 Å². The van der Waals surface area contributed by atoms with Gasteiger partial charge in [-0.25, -0.2) is 4.98 Å². The molecule has 2 aromatic rings. The first-order chi connectivity index (χ1) is 8.19. The van der Waals surface area contributed by atoms with Gasteiger partial charge in [-0.1, -0.05) is 0 Å². The number of methoxy groups -OCH3 is 1. The van der Waals surface area contributed by atoms with Gasteiger partial charge in [-0.2, -0.15) is 0 Å². The van der Waals surface area contributed by atoms with Gasteiger partial charge in [0, 0.05) is 6.04 Å². The van der Waals surface area contributed by atoms with E-state index in [9.17, 15) is 0 Å². The van der Waals surface area contributed by atoms with Crippen LogP contribution in [0.2, 0.25) is 0 Å². The van der Waals surface area contributed by atoms with Crippen LogP contribution in [0.5, 0.6) is 5.75 Å². The Labute approximate surface area is 106 Å². The van der Waals surface area contributed by atoms with Gasteiger partial charge in [-0.3, -0.25) is 0 Å². The molecule has 0 fully saturated rings. The van der Waals surface area contributed by atoms with Gasteiger partial charge in [-0.05, 0) is 44.4 Å². The lowest BCUT2D eigenvalue weighted by Gasteiger charge is -2.01. The van der Waals surface area contributed by atoms with Gasteiger partial charge in [0.1, 0.15) is 5.75 Å². The molecule has 0 aliphatic carbocycles. The number of aromatic nitrogens is 1. The molecular formula is C13H18N2OS. The maximum Gasteiger partial charge on any atom is 0.120 e. The predicted molar refractivity (Wildman–Crippen MR) is 72.8 cm³/mol. The number of nitrogens with two attached hydrogens (primary N) is 1. The lowest BCUT2D eigenvalue weighted by molar-refractivity contribution is 0.415. The molecule has 0 saturated carbocycles. The van der Waals surface area contributed by atoms with E-state index >= 15 is 0 Å². The van der Waals surface area contributed by atoms with E-state index in [0.717, 1.165) is 30.5 Å². The standard InChI is InChI=1S/C13H18N2OS/c1-9(14)4-3-5-13-15-11-7-6-10(16-2)8-12(11)17-13/h6-9H,3-5,14H2,1-2H3. The van der Waals surface area contributed by atoms with Crippen molar-refractivity contribution in [2.75, 3.05) is 7.11 Å². The number of aryl methyl sites for hydroxylation is 1. The number of hydrogen-bond donors (Lipinski definition) is 1. The lowest BCUT2D eigenvalue weighted by atomic mass is 10.1. The van der Waals surface area contributed by atoms with Gasteiger partial charge in [0.2, 0.25) is 0 Å². The third-order valence-corrected chi connectivity index (χ3v) is 3.77. The fraction of sp³-hybridized carbons (Fsp3) is 0.462. The summed E-state index contributed by atoms with van der Waals surface area (Å²) in [6.45, 7) is 2.04. The normalized spacial score (nSPS) is 12.9. The van der Waals surface area contributed by atoms with Gasteiger partial charge in [0.25, 0.3) is 0 Å². The second-order valence-electron chi connectivity index (χ2n) is 4.31. The van der Waals surface area contributed by atoms with Crippen molar-refractivity contribution in [3.8, 4) is 5.75 Å². The van der Waals surface area contributed by atoms with Gasteiger partial charge < -0.3 is 10.5 Å². The topological polar surface area (TPSA) is 48.1 Å². The highest BCUT2D eigenvalue weighted by atomic mass is 32.1. The molecular weight excluding hydrogens is 232 g/mol. The first-order valence-electron chi connectivity index (χ1n) is 5.88. The number of thiazole rings is 1. The Bertz CT molecular complexity index is 493. The van der Waals surface area contributed by atoms with E-state index in [-0.39, 0.29) is 6.04 Å². The van der Waals surface area contributed by atoms with E-state index in [1.165, 1.54) is 9.71 Å². The van der Waals surface area contributed by atoms with Crippen molar-refractivity contribution in [3.63, 3.8) is 0 Å². The number of hydrogen-bond acceptors (Lipinski definition) is 4. The summed E-state index contributed by atoms with van der Waals surface area (Å²) in [6, 6.07) is 6.29. The van der Waals surface area contributed by atoms with Gasteiger partial charge in [0.05, 0.1) is 22.3 Å². The number of ether oxygens (including phenoxy) is 1. The molecule has 0 radical (unpaired) electrons. The van der Waals surface area contributed by atoms with E-state index in [4.69, 9.17) is 10.5 Å². The smallest absolute Gasteiger partial charge is 0.120 e. The van der Waals surface area contributed by atoms with Crippen LogP contribution in [0.1, 0.15) is 24.8 Å². The van der Waals surface area contributed by atoms with E-state index in [0.29, 0.717) is 0 Å². The Morgan fingerprint density at radius 1 is 1.47 bits per heavy atom. The maximum atomic E-state index is 5.74. The minimum atomic E-state index is 0.282. The lowest BCUT2D eigenvalue weighted by Crippen LogP contribution is -2.14. The average Bonchev–Trinajstić information content (AvgIpc) is 2.69. The van der Waals surface area contributed by atoms with Gasteiger partial charge >= 0.3 is 0 Å². The summed E-state index contributed by atoms with van der Waals surface area (Å²) in [5, 5.41) is 1.19. The Kier molecular flexibility index (Phi) is 3.97. The molecule has 0 bridgehead atoms. The van der Waals surface area contributed by atoms with Gasteiger partial charge in [-0.15, -0.1) is 11.3 Å². The first-order valence-corrected chi connectivity index (χ1v) is 6.69. The molecule has 1 heterocycles. The average molecular weight is 250 g/mol. The Morgan fingerprint density at radius 2 is 2.29 bits per heavy atom. The number of nitrogens with zero attached hydrogens (tertiary/aromatic N) is 1. The first kappa shape index (κ1) is 12.3. The summed E-state index contributed by atoms with van der Waals surface area (Å²) in [6.07, 6.45) is 3.18. The van der Waals surface area contributed by atoms with Crippen LogP contribution in [0.25, 0.3) is 10.2 Å². The Balaban J connectivity index is 2.09. The minimum Gasteiger partial charge on any atom is -0.497 e. The van der Waals surface area contributed by atoms with Crippen molar-refractivity contribution in [1.29, 1.82) is 0 Å². The van der Waals surface area contributed by atoms with Crippen molar-refractivity contribution in [2.24, 2.45) is 5.73 Å². The molecule has 3 nitrogen and oxygen atoms in total. The Morgan fingerprint density at radius 3 is 3.00 bits per heavy atom. The van der Waals surface area contributed by atoms with E-state index in [1.807, 2.05) is 25.1 Å². The predicted octanol–water partition coefficient (Wildman–Crippen LogP) is 2.97. The zero-order chi connectivity index (χ0) is 12.3. The molecule has 0 aliphatic rings. The van der Waals surface area contributed by atoms with Crippen LogP contribution in [-0.4, -0.2) is 18.1 Å². The van der Waals surface area contributed by atoms with Crippen molar-refractivity contribution >= 4 is 21.6 Å². The van der Waals surface area contributed by atoms with Crippen LogP contribution < -0.4 is 10.5 Å². The molecule has 92 valence electrons. The highest BCUT2D eigenvalue weighted by Gasteiger charge is 2.05. The second kappa shape index (κ2) is 5.47. The maximum absolute atomic E-state index is 5.74. The molecule has 2 rings (SSSR count). The van der Waals surface area contributed by atoms with Crippen LogP contribution in [0.15, 0.2) is 18.2 Å². The van der Waals surface area contributed by atoms with Crippen molar-refractivity contribution in [2.45, 2.75) is 32.2 Å². The van der Waals surface area contributed by atoms with Crippen LogP contribution in [0.4, 0.5) is 0 Å². The summed E-state index contributed by atoms with van der Waals surface area (Å²) in [4.78, 5) is 4.61. The molecule has 0 saturated heterocycles. The van der Waals surface area contributed by atoms with E-state index in [2.05, 4.69) is 4.98 Å². The molecule has 1 aromatic carbocycles. The van der Waals surface area contributed by atoms with E-state index in [1.54, 1.807) is 18.4 Å². The quantitative estimate of drug-likeness (QED) is 0.887.